The molecular formula is C18H20N4O. The van der Waals surface area contributed by atoms with Crippen LogP contribution in [0, 0.1) is 5.92 Å². The standard InChI is InChI=1S/C18H20N4O/c1-22(2)15-10-19-14(9-20-15)18(23)21-17-13-8-7-11-5-3-4-6-12(11)16(13)17/h3-6,9-10,13,16-17H,7-8H2,1-2H3,(H,21,23). The Labute approximate surface area is 135 Å². The Morgan fingerprint density at radius 1 is 1.22 bits per heavy atom. The number of hydrogen-bond donors (Lipinski definition) is 1. The molecule has 2 aliphatic carbocycles. The van der Waals surface area contributed by atoms with E-state index in [1.165, 1.54) is 11.1 Å². The third-order valence-electron chi connectivity index (χ3n) is 4.96. The summed E-state index contributed by atoms with van der Waals surface area (Å²) in [6.45, 7) is 0. The predicted molar refractivity (Wildman–Crippen MR) is 88.6 cm³/mol. The van der Waals surface area contributed by atoms with Crippen LogP contribution >= 0.6 is 0 Å². The summed E-state index contributed by atoms with van der Waals surface area (Å²) in [4.78, 5) is 22.7. The molecule has 5 nitrogen and oxygen atoms in total. The fourth-order valence-corrected chi connectivity index (χ4v) is 3.66. The van der Waals surface area contributed by atoms with Gasteiger partial charge >= 0.3 is 0 Å². The molecule has 1 saturated carbocycles. The van der Waals surface area contributed by atoms with E-state index in [0.717, 1.165) is 18.7 Å². The summed E-state index contributed by atoms with van der Waals surface area (Å²) in [7, 11) is 3.80. The normalized spacial score (nSPS) is 24.3. The monoisotopic (exact) mass is 308 g/mol. The van der Waals surface area contributed by atoms with Gasteiger partial charge in [0.05, 0.1) is 12.4 Å². The molecule has 4 rings (SSSR count). The van der Waals surface area contributed by atoms with Crippen LogP contribution in [0.3, 0.4) is 0 Å². The summed E-state index contributed by atoms with van der Waals surface area (Å²) in [5.74, 6) is 1.66. The highest BCUT2D eigenvalue weighted by atomic mass is 16.2. The van der Waals surface area contributed by atoms with Crippen LogP contribution in [0.4, 0.5) is 5.82 Å². The number of amides is 1. The van der Waals surface area contributed by atoms with Gasteiger partial charge in [0.1, 0.15) is 11.5 Å². The maximum atomic E-state index is 12.4. The maximum absolute atomic E-state index is 12.4. The number of nitrogens with zero attached hydrogens (tertiary/aromatic N) is 3. The minimum Gasteiger partial charge on any atom is -0.361 e. The summed E-state index contributed by atoms with van der Waals surface area (Å²) in [6.07, 6.45) is 5.44. The van der Waals surface area contributed by atoms with E-state index in [9.17, 15) is 4.79 Å². The highest BCUT2D eigenvalue weighted by molar-refractivity contribution is 5.92. The first kappa shape index (κ1) is 14.2. The van der Waals surface area contributed by atoms with Crippen molar-refractivity contribution in [3.05, 3.63) is 53.5 Å². The van der Waals surface area contributed by atoms with Crippen molar-refractivity contribution in [1.82, 2.24) is 15.3 Å². The van der Waals surface area contributed by atoms with Gasteiger partial charge in [0.2, 0.25) is 0 Å². The molecule has 0 radical (unpaired) electrons. The second kappa shape index (κ2) is 5.33. The van der Waals surface area contributed by atoms with Crippen LogP contribution in [0.15, 0.2) is 36.7 Å². The van der Waals surface area contributed by atoms with Crippen LogP contribution < -0.4 is 10.2 Å². The molecule has 1 heterocycles. The molecule has 23 heavy (non-hydrogen) atoms. The molecule has 1 aromatic carbocycles. The first-order valence-electron chi connectivity index (χ1n) is 8.03. The molecular weight excluding hydrogens is 288 g/mol. The molecule has 1 fully saturated rings. The lowest BCUT2D eigenvalue weighted by Gasteiger charge is -2.13. The van der Waals surface area contributed by atoms with Crippen LogP contribution in [0.1, 0.15) is 34.0 Å². The first-order chi connectivity index (χ1) is 11.1. The number of anilines is 1. The van der Waals surface area contributed by atoms with Crippen molar-refractivity contribution >= 4 is 11.7 Å². The molecule has 0 aliphatic heterocycles. The molecule has 0 bridgehead atoms. The zero-order chi connectivity index (χ0) is 16.0. The molecule has 3 atom stereocenters. The number of aromatic nitrogens is 2. The van der Waals surface area contributed by atoms with Crippen LogP contribution in [0.5, 0.6) is 0 Å². The molecule has 1 amide bonds. The molecule has 1 aromatic heterocycles. The minimum absolute atomic E-state index is 0.125. The van der Waals surface area contributed by atoms with Gasteiger partial charge in [-0.1, -0.05) is 24.3 Å². The number of rotatable bonds is 3. The van der Waals surface area contributed by atoms with Gasteiger partial charge in [0.15, 0.2) is 0 Å². The van der Waals surface area contributed by atoms with Crippen molar-refractivity contribution in [1.29, 1.82) is 0 Å². The summed E-state index contributed by atoms with van der Waals surface area (Å²) in [5, 5.41) is 3.15. The molecule has 118 valence electrons. The molecule has 2 aliphatic rings. The zero-order valence-electron chi connectivity index (χ0n) is 13.4. The lowest BCUT2D eigenvalue weighted by molar-refractivity contribution is 0.0943. The Morgan fingerprint density at radius 3 is 2.78 bits per heavy atom. The van der Waals surface area contributed by atoms with Gasteiger partial charge in [-0.2, -0.15) is 0 Å². The summed E-state index contributed by atoms with van der Waals surface area (Å²) >= 11 is 0. The Kier molecular flexibility index (Phi) is 3.29. The Bertz CT molecular complexity index is 741. The SMILES string of the molecule is CN(C)c1cnc(C(=O)NC2C3CCc4ccccc4C32)cn1. The van der Waals surface area contributed by atoms with Gasteiger partial charge in [-0.05, 0) is 29.9 Å². The van der Waals surface area contributed by atoms with Crippen molar-refractivity contribution in [2.75, 3.05) is 19.0 Å². The number of carbonyl (C=O) groups is 1. The molecule has 2 aromatic rings. The number of benzene rings is 1. The molecule has 5 heteroatoms. The Hall–Kier alpha value is -2.43. The van der Waals surface area contributed by atoms with E-state index in [1.807, 2.05) is 19.0 Å². The van der Waals surface area contributed by atoms with Crippen molar-refractivity contribution in [3.63, 3.8) is 0 Å². The number of aryl methyl sites for hydroxylation is 1. The lowest BCUT2D eigenvalue weighted by Crippen LogP contribution is -2.28. The van der Waals surface area contributed by atoms with Crippen molar-refractivity contribution in [3.8, 4) is 0 Å². The average Bonchev–Trinajstić information content (AvgIpc) is 3.28. The second-order valence-corrected chi connectivity index (χ2v) is 6.58. The maximum Gasteiger partial charge on any atom is 0.271 e. The smallest absolute Gasteiger partial charge is 0.271 e. The van der Waals surface area contributed by atoms with Gasteiger partial charge < -0.3 is 10.2 Å². The molecule has 1 N–H and O–H groups in total. The van der Waals surface area contributed by atoms with E-state index in [0.29, 0.717) is 17.5 Å². The van der Waals surface area contributed by atoms with E-state index >= 15 is 0 Å². The zero-order valence-corrected chi connectivity index (χ0v) is 13.4. The third kappa shape index (κ3) is 2.46. The van der Waals surface area contributed by atoms with E-state index in [4.69, 9.17) is 0 Å². The Balaban J connectivity index is 1.47. The van der Waals surface area contributed by atoms with E-state index in [1.54, 1.807) is 12.4 Å². The number of hydrogen-bond acceptors (Lipinski definition) is 4. The van der Waals surface area contributed by atoms with E-state index < -0.39 is 0 Å². The van der Waals surface area contributed by atoms with Gasteiger partial charge in [-0.3, -0.25) is 4.79 Å². The molecule has 0 spiro atoms. The van der Waals surface area contributed by atoms with Gasteiger partial charge in [0.25, 0.3) is 5.91 Å². The highest BCUT2D eigenvalue weighted by Gasteiger charge is 2.53. The predicted octanol–water partition coefficient (Wildman–Crippen LogP) is 2.00. The van der Waals surface area contributed by atoms with Gasteiger partial charge in [0, 0.05) is 26.1 Å². The average molecular weight is 308 g/mol. The van der Waals surface area contributed by atoms with Crippen LogP contribution in [-0.2, 0) is 6.42 Å². The van der Waals surface area contributed by atoms with Crippen LogP contribution in [0.2, 0.25) is 0 Å². The largest absolute Gasteiger partial charge is 0.361 e. The van der Waals surface area contributed by atoms with Crippen molar-refractivity contribution < 1.29 is 4.79 Å². The topological polar surface area (TPSA) is 58.1 Å². The minimum atomic E-state index is -0.125. The second-order valence-electron chi connectivity index (χ2n) is 6.58. The van der Waals surface area contributed by atoms with Crippen molar-refractivity contribution in [2.45, 2.75) is 24.8 Å². The number of carbonyl (C=O) groups excluding carboxylic acids is 1. The lowest BCUT2D eigenvalue weighted by atomic mass is 9.92. The first-order valence-corrected chi connectivity index (χ1v) is 8.03. The van der Waals surface area contributed by atoms with E-state index in [-0.39, 0.29) is 11.9 Å². The highest BCUT2D eigenvalue weighted by Crippen LogP contribution is 2.54. The Morgan fingerprint density at radius 2 is 2.04 bits per heavy atom. The summed E-state index contributed by atoms with van der Waals surface area (Å²) in [6, 6.07) is 8.82. The number of fused-ring (bicyclic) bond motifs is 3. The van der Waals surface area contributed by atoms with Gasteiger partial charge in [-0.15, -0.1) is 0 Å². The summed E-state index contributed by atoms with van der Waals surface area (Å²) in [5.41, 5.74) is 3.22. The fraction of sp³-hybridized carbons (Fsp3) is 0.389. The fourth-order valence-electron chi connectivity index (χ4n) is 3.66. The number of nitrogens with one attached hydrogen (secondary N) is 1. The third-order valence-corrected chi connectivity index (χ3v) is 4.96. The molecule has 3 unspecified atom stereocenters. The van der Waals surface area contributed by atoms with Crippen LogP contribution in [0.25, 0.3) is 0 Å². The van der Waals surface area contributed by atoms with Crippen molar-refractivity contribution in [2.24, 2.45) is 5.92 Å². The van der Waals surface area contributed by atoms with E-state index in [2.05, 4.69) is 39.6 Å². The van der Waals surface area contributed by atoms with Crippen LogP contribution in [-0.4, -0.2) is 36.0 Å². The van der Waals surface area contributed by atoms with Gasteiger partial charge in [-0.25, -0.2) is 9.97 Å². The molecule has 0 saturated heterocycles. The quantitative estimate of drug-likeness (QED) is 0.942. The summed E-state index contributed by atoms with van der Waals surface area (Å²) < 4.78 is 0.